The van der Waals surface area contributed by atoms with Gasteiger partial charge in [0.25, 0.3) is 0 Å². The molecule has 0 N–H and O–H groups in total. The van der Waals surface area contributed by atoms with Gasteiger partial charge >= 0.3 is 141 Å². The van der Waals surface area contributed by atoms with Crippen molar-refractivity contribution in [3.05, 3.63) is 95.1 Å². The molecule has 0 heterocycles. The van der Waals surface area contributed by atoms with Gasteiger partial charge in [-0.15, -0.1) is 0 Å². The minimum absolute atomic E-state index is 0. The Balaban J connectivity index is 0.000000960. The van der Waals surface area contributed by atoms with Crippen LogP contribution in [-0.4, -0.2) is 0 Å². The Bertz CT molecular complexity index is 788. The first-order valence-electron chi connectivity index (χ1n) is 7.32. The third-order valence-corrected chi connectivity index (χ3v) is 6.43. The van der Waals surface area contributed by atoms with Gasteiger partial charge in [-0.1, -0.05) is 0 Å². The fourth-order valence-corrected chi connectivity index (χ4v) is 5.35. The Labute approximate surface area is 164 Å². The van der Waals surface area contributed by atoms with Crippen LogP contribution in [0.25, 0.3) is 11.1 Å². The van der Waals surface area contributed by atoms with Gasteiger partial charge in [-0.3, -0.25) is 0 Å². The van der Waals surface area contributed by atoms with Gasteiger partial charge < -0.3 is 24.8 Å². The van der Waals surface area contributed by atoms with Crippen molar-refractivity contribution in [3.63, 3.8) is 0 Å². The quantitative estimate of drug-likeness (QED) is 0.465. The van der Waals surface area contributed by atoms with E-state index in [0.717, 1.165) is 30.8 Å². The topological polar surface area (TPSA) is 0 Å². The van der Waals surface area contributed by atoms with Crippen LogP contribution in [0.15, 0.2) is 78.4 Å². The Kier molecular flexibility index (Phi) is 6.25. The zero-order chi connectivity index (χ0) is 14.2. The number of hydrogen-bond donors (Lipinski definition) is 0. The molecule has 2 aromatic rings. The first-order chi connectivity index (χ1) is 10.4. The molecule has 0 saturated heterocycles. The van der Waals surface area contributed by atoms with Crippen molar-refractivity contribution in [1.29, 1.82) is 0 Å². The third-order valence-electron chi connectivity index (χ3n) is 4.28. The normalized spacial score (nSPS) is 18.2. The van der Waals surface area contributed by atoms with Crippen LogP contribution in [0, 0.1) is 0 Å². The van der Waals surface area contributed by atoms with E-state index in [1.165, 1.54) is 27.8 Å². The second kappa shape index (κ2) is 7.79. The van der Waals surface area contributed by atoms with Crippen molar-refractivity contribution >= 4 is 11.1 Å². The van der Waals surface area contributed by atoms with E-state index in [1.54, 1.807) is 5.57 Å². The van der Waals surface area contributed by atoms with Crippen LogP contribution >= 0.6 is 0 Å². The Morgan fingerprint density at radius 2 is 1.57 bits per heavy atom. The molecule has 0 fully saturated rings. The number of halogens is 2. The standard InChI is InChI=1S/C20H15.2ClH.Hf/c1-2-8-15(9-3-1)19-14-17-12-6-7-13-18(17)20(19)16-10-4-5-11-16;;;/h1-10,12-14H,11H2;2*1H;/q;;;+2/p-2. The summed E-state index contributed by atoms with van der Waals surface area (Å²) in [6.45, 7) is 0. The number of fused-ring (bicyclic) bond motifs is 1. The van der Waals surface area contributed by atoms with Crippen molar-refractivity contribution in [3.8, 4) is 0 Å². The molecule has 0 bridgehead atoms. The first-order valence-corrected chi connectivity index (χ1v) is 9.40. The molecule has 0 nitrogen and oxygen atoms in total. The summed E-state index contributed by atoms with van der Waals surface area (Å²) in [6, 6.07) is 19.9. The van der Waals surface area contributed by atoms with Crippen molar-refractivity contribution in [2.45, 2.75) is 10.1 Å². The van der Waals surface area contributed by atoms with Crippen molar-refractivity contribution in [1.82, 2.24) is 0 Å². The zero-order valence-electron chi connectivity index (χ0n) is 12.5. The number of hydrogen-bond acceptors (Lipinski definition) is 0. The summed E-state index contributed by atoms with van der Waals surface area (Å²) in [4.78, 5) is 0. The van der Waals surface area contributed by atoms with E-state index >= 15 is 0 Å². The SMILES string of the molecule is [Cl-].[Cl-].[Hf+2][CH]1C(c2ccccc2)=C(C2=CC=CC2)c2ccccc21. The fraction of sp³-hybridized carbons (Fsp3) is 0.100. The maximum absolute atomic E-state index is 2.31. The van der Waals surface area contributed by atoms with Gasteiger partial charge in [-0.05, 0) is 0 Å². The van der Waals surface area contributed by atoms with Gasteiger partial charge in [0.2, 0.25) is 0 Å². The molecule has 0 saturated carbocycles. The Hall–Kier alpha value is -0.890. The molecule has 2 aliphatic carbocycles. The zero-order valence-corrected chi connectivity index (χ0v) is 17.6. The molecule has 23 heavy (non-hydrogen) atoms. The fourth-order valence-electron chi connectivity index (χ4n) is 3.33. The Morgan fingerprint density at radius 3 is 2.26 bits per heavy atom. The molecule has 113 valence electrons. The van der Waals surface area contributed by atoms with E-state index in [2.05, 4.69) is 72.8 Å². The predicted octanol–water partition coefficient (Wildman–Crippen LogP) is -0.907. The van der Waals surface area contributed by atoms with Crippen molar-refractivity contribution in [2.24, 2.45) is 0 Å². The van der Waals surface area contributed by atoms with Gasteiger partial charge in [0.1, 0.15) is 0 Å². The molecule has 3 heteroatoms. The number of benzene rings is 2. The van der Waals surface area contributed by atoms with Gasteiger partial charge in [0.15, 0.2) is 0 Å². The first kappa shape index (κ1) is 18.4. The van der Waals surface area contributed by atoms with Crippen LogP contribution in [-0.2, 0) is 24.4 Å². The second-order valence-corrected chi connectivity index (χ2v) is 7.57. The van der Waals surface area contributed by atoms with E-state index in [4.69, 9.17) is 0 Å². The van der Waals surface area contributed by atoms with E-state index in [-0.39, 0.29) is 24.8 Å². The van der Waals surface area contributed by atoms with Gasteiger partial charge in [0, 0.05) is 0 Å². The summed E-state index contributed by atoms with van der Waals surface area (Å²) < 4.78 is 0.597. The summed E-state index contributed by atoms with van der Waals surface area (Å²) in [6.07, 6.45) is 7.80. The van der Waals surface area contributed by atoms with Crippen LogP contribution < -0.4 is 24.8 Å². The minimum atomic E-state index is 0. The summed E-state index contributed by atoms with van der Waals surface area (Å²) in [7, 11) is 0. The molecule has 4 rings (SSSR count). The molecule has 0 aromatic heterocycles. The van der Waals surface area contributed by atoms with Crippen LogP contribution in [0.4, 0.5) is 0 Å². The third kappa shape index (κ3) is 3.20. The van der Waals surface area contributed by atoms with Crippen molar-refractivity contribution in [2.75, 3.05) is 0 Å². The summed E-state index contributed by atoms with van der Waals surface area (Å²) >= 11 is 1.15. The van der Waals surface area contributed by atoms with Gasteiger partial charge in [-0.2, -0.15) is 0 Å². The molecule has 0 spiro atoms. The molecule has 2 aliphatic rings. The van der Waals surface area contributed by atoms with Crippen LogP contribution in [0.1, 0.15) is 26.8 Å². The molecule has 0 aliphatic heterocycles. The second-order valence-electron chi connectivity index (χ2n) is 5.50. The van der Waals surface area contributed by atoms with Crippen molar-refractivity contribution < 1.29 is 49.2 Å². The number of rotatable bonds is 2. The summed E-state index contributed by atoms with van der Waals surface area (Å²) in [5.41, 5.74) is 8.86. The van der Waals surface area contributed by atoms with Crippen LogP contribution in [0.3, 0.4) is 0 Å². The van der Waals surface area contributed by atoms with E-state index in [0.29, 0.717) is 3.67 Å². The molecule has 1 unspecified atom stereocenters. The van der Waals surface area contributed by atoms with Gasteiger partial charge in [-0.25, -0.2) is 0 Å². The summed E-state index contributed by atoms with van der Waals surface area (Å²) in [5.74, 6) is 0. The molecule has 1 atom stereocenters. The van der Waals surface area contributed by atoms with E-state index < -0.39 is 0 Å². The predicted molar refractivity (Wildman–Crippen MR) is 84.3 cm³/mol. The molecule has 0 radical (unpaired) electrons. The molecule has 2 aromatic carbocycles. The molecule has 0 amide bonds. The Morgan fingerprint density at radius 1 is 0.870 bits per heavy atom. The summed E-state index contributed by atoms with van der Waals surface area (Å²) in [5, 5.41) is 0. The van der Waals surface area contributed by atoms with Crippen LogP contribution in [0.5, 0.6) is 0 Å². The molecular weight excluding hydrogens is 490 g/mol. The van der Waals surface area contributed by atoms with Crippen LogP contribution in [0.2, 0.25) is 0 Å². The maximum atomic E-state index is 2.31. The number of allylic oxidation sites excluding steroid dienone is 6. The van der Waals surface area contributed by atoms with E-state index in [1.807, 2.05) is 0 Å². The average Bonchev–Trinajstić information content (AvgIpc) is 3.15. The van der Waals surface area contributed by atoms with Gasteiger partial charge in [0.05, 0.1) is 0 Å². The average molecular weight is 505 g/mol. The monoisotopic (exact) mass is 505 g/mol. The molecular formula is C20H15Cl2Hf. The van der Waals surface area contributed by atoms with E-state index in [9.17, 15) is 0 Å².